The first-order valence-corrected chi connectivity index (χ1v) is 6.73. The van der Waals surface area contributed by atoms with Crippen molar-refractivity contribution in [3.05, 3.63) is 35.9 Å². The highest BCUT2D eigenvalue weighted by Gasteiger charge is 2.12. The topological polar surface area (TPSA) is 43.7 Å². The van der Waals surface area contributed by atoms with Crippen molar-refractivity contribution in [3.63, 3.8) is 0 Å². The van der Waals surface area contributed by atoms with E-state index in [1.54, 1.807) is 0 Å². The Bertz CT molecular complexity index is 314. The first-order valence-electron chi connectivity index (χ1n) is 6.73. The van der Waals surface area contributed by atoms with E-state index in [4.69, 9.17) is 5.11 Å². The molecule has 18 heavy (non-hydrogen) atoms. The summed E-state index contributed by atoms with van der Waals surface area (Å²) in [6.07, 6.45) is 1.12. The molecule has 0 heterocycles. The normalized spacial score (nSPS) is 13.2. The monoisotopic (exact) mass is 251 g/mol. The van der Waals surface area contributed by atoms with Crippen LogP contribution in [0.1, 0.15) is 38.4 Å². The van der Waals surface area contributed by atoms with Crippen LogP contribution in [-0.2, 0) is 0 Å². The lowest BCUT2D eigenvalue weighted by Crippen LogP contribution is -2.33. The molecule has 0 radical (unpaired) electrons. The maximum atomic E-state index is 10.1. The third-order valence-corrected chi connectivity index (χ3v) is 3.21. The van der Waals surface area contributed by atoms with Gasteiger partial charge in [-0.2, -0.15) is 0 Å². The van der Waals surface area contributed by atoms with Gasteiger partial charge in [0.1, 0.15) is 0 Å². The van der Waals surface area contributed by atoms with Crippen molar-refractivity contribution in [1.82, 2.24) is 4.90 Å². The zero-order valence-electron chi connectivity index (χ0n) is 11.4. The lowest BCUT2D eigenvalue weighted by molar-refractivity contribution is 0.125. The van der Waals surface area contributed by atoms with Crippen LogP contribution in [0.25, 0.3) is 0 Å². The molecule has 102 valence electrons. The number of hydrogen-bond donors (Lipinski definition) is 2. The van der Waals surface area contributed by atoms with E-state index < -0.39 is 6.10 Å². The summed E-state index contributed by atoms with van der Waals surface area (Å²) in [5.41, 5.74) is 0.975. The molecule has 0 aliphatic carbocycles. The van der Waals surface area contributed by atoms with Crippen molar-refractivity contribution in [1.29, 1.82) is 0 Å². The Morgan fingerprint density at radius 1 is 1.11 bits per heavy atom. The highest BCUT2D eigenvalue weighted by atomic mass is 16.3. The number of hydrogen-bond acceptors (Lipinski definition) is 3. The van der Waals surface area contributed by atoms with Gasteiger partial charge < -0.3 is 15.1 Å². The molecule has 3 nitrogen and oxygen atoms in total. The molecular formula is C15H25NO2. The van der Waals surface area contributed by atoms with Crippen LogP contribution in [0, 0.1) is 0 Å². The lowest BCUT2D eigenvalue weighted by Gasteiger charge is -2.27. The minimum atomic E-state index is -0.401. The molecule has 0 aromatic heterocycles. The van der Waals surface area contributed by atoms with E-state index in [0.717, 1.165) is 31.5 Å². The molecule has 0 fully saturated rings. The summed E-state index contributed by atoms with van der Waals surface area (Å²) in [4.78, 5) is 2.29. The summed E-state index contributed by atoms with van der Waals surface area (Å²) < 4.78 is 0. The van der Waals surface area contributed by atoms with Gasteiger partial charge in [-0.25, -0.2) is 0 Å². The van der Waals surface area contributed by atoms with Gasteiger partial charge in [0.25, 0.3) is 0 Å². The molecule has 0 aliphatic heterocycles. The van der Waals surface area contributed by atoms with Crippen molar-refractivity contribution in [2.75, 3.05) is 19.7 Å². The molecule has 1 aromatic carbocycles. The van der Waals surface area contributed by atoms with E-state index in [2.05, 4.69) is 18.7 Å². The minimum absolute atomic E-state index is 0.227. The zero-order chi connectivity index (χ0) is 13.4. The van der Waals surface area contributed by atoms with Crippen molar-refractivity contribution >= 4 is 0 Å². The van der Waals surface area contributed by atoms with Crippen molar-refractivity contribution < 1.29 is 10.2 Å². The molecule has 3 heteroatoms. The number of rotatable bonds is 8. The Morgan fingerprint density at radius 3 is 2.33 bits per heavy atom. The fourth-order valence-corrected chi connectivity index (χ4v) is 2.03. The van der Waals surface area contributed by atoms with Gasteiger partial charge >= 0.3 is 0 Å². The first-order chi connectivity index (χ1) is 8.65. The van der Waals surface area contributed by atoms with E-state index in [9.17, 15) is 5.11 Å². The third kappa shape index (κ3) is 5.17. The molecule has 1 unspecified atom stereocenters. The number of nitrogens with zero attached hydrogens (tertiary/aromatic N) is 1. The summed E-state index contributed by atoms with van der Waals surface area (Å²) in [5.74, 6) is 0. The number of aliphatic hydroxyl groups excluding tert-OH is 2. The summed E-state index contributed by atoms with van der Waals surface area (Å²) in [6, 6.07) is 10.2. The average molecular weight is 251 g/mol. The van der Waals surface area contributed by atoms with E-state index in [1.165, 1.54) is 0 Å². The molecule has 2 N–H and O–H groups in total. The highest BCUT2D eigenvalue weighted by Crippen LogP contribution is 2.17. The predicted molar refractivity (Wildman–Crippen MR) is 74.4 cm³/mol. The standard InChI is InChI=1S/C15H25NO2/c1-13(2)16(10-6-12-17)11-9-15(18)14-7-4-3-5-8-14/h3-5,7-8,13,15,17-18H,6,9-12H2,1-2H3. The second kappa shape index (κ2) is 8.25. The Hall–Kier alpha value is -0.900. The molecule has 0 saturated carbocycles. The molecule has 0 amide bonds. The van der Waals surface area contributed by atoms with Crippen LogP contribution in [-0.4, -0.2) is 40.9 Å². The van der Waals surface area contributed by atoms with Crippen LogP contribution in [0.4, 0.5) is 0 Å². The highest BCUT2D eigenvalue weighted by molar-refractivity contribution is 5.17. The maximum absolute atomic E-state index is 10.1. The number of aliphatic hydroxyl groups is 2. The van der Waals surface area contributed by atoms with Crippen LogP contribution in [0.15, 0.2) is 30.3 Å². The number of benzene rings is 1. The smallest absolute Gasteiger partial charge is 0.0802 e. The second-order valence-electron chi connectivity index (χ2n) is 4.92. The second-order valence-corrected chi connectivity index (χ2v) is 4.92. The fraction of sp³-hybridized carbons (Fsp3) is 0.600. The van der Waals surface area contributed by atoms with E-state index in [1.807, 2.05) is 30.3 Å². The van der Waals surface area contributed by atoms with Crippen LogP contribution in [0.3, 0.4) is 0 Å². The van der Waals surface area contributed by atoms with Gasteiger partial charge in [-0.1, -0.05) is 30.3 Å². The van der Waals surface area contributed by atoms with Gasteiger partial charge in [0, 0.05) is 25.7 Å². The van der Waals surface area contributed by atoms with Crippen molar-refractivity contribution in [2.24, 2.45) is 0 Å². The molecule has 1 atom stereocenters. The Balaban J connectivity index is 2.42. The van der Waals surface area contributed by atoms with Crippen LogP contribution >= 0.6 is 0 Å². The van der Waals surface area contributed by atoms with Crippen molar-refractivity contribution in [3.8, 4) is 0 Å². The molecule has 0 spiro atoms. The molecule has 0 saturated heterocycles. The minimum Gasteiger partial charge on any atom is -0.396 e. The average Bonchev–Trinajstić information content (AvgIpc) is 2.39. The van der Waals surface area contributed by atoms with Gasteiger partial charge in [0.15, 0.2) is 0 Å². The van der Waals surface area contributed by atoms with Crippen molar-refractivity contribution in [2.45, 2.75) is 38.8 Å². The summed E-state index contributed by atoms with van der Waals surface area (Å²) >= 11 is 0. The van der Waals surface area contributed by atoms with E-state index in [0.29, 0.717) is 6.04 Å². The van der Waals surface area contributed by atoms with Gasteiger partial charge in [-0.05, 0) is 32.3 Å². The molecular weight excluding hydrogens is 226 g/mol. The third-order valence-electron chi connectivity index (χ3n) is 3.21. The van der Waals surface area contributed by atoms with E-state index >= 15 is 0 Å². The van der Waals surface area contributed by atoms with Gasteiger partial charge in [-0.15, -0.1) is 0 Å². The van der Waals surface area contributed by atoms with Crippen LogP contribution in [0.2, 0.25) is 0 Å². The van der Waals surface area contributed by atoms with Crippen LogP contribution in [0.5, 0.6) is 0 Å². The quantitative estimate of drug-likeness (QED) is 0.744. The molecule has 1 rings (SSSR count). The molecule has 1 aromatic rings. The fourth-order valence-electron chi connectivity index (χ4n) is 2.03. The summed E-state index contributed by atoms with van der Waals surface area (Å²) in [6.45, 7) is 6.26. The molecule has 0 bridgehead atoms. The van der Waals surface area contributed by atoms with Gasteiger partial charge in [0.05, 0.1) is 6.10 Å². The lowest BCUT2D eigenvalue weighted by atomic mass is 10.1. The SMILES string of the molecule is CC(C)N(CCCO)CCC(O)c1ccccc1. The largest absolute Gasteiger partial charge is 0.396 e. The van der Waals surface area contributed by atoms with Gasteiger partial charge in [-0.3, -0.25) is 0 Å². The Kier molecular flexibility index (Phi) is 6.94. The molecule has 0 aliphatic rings. The Morgan fingerprint density at radius 2 is 1.78 bits per heavy atom. The van der Waals surface area contributed by atoms with E-state index in [-0.39, 0.29) is 6.61 Å². The van der Waals surface area contributed by atoms with Gasteiger partial charge in [0.2, 0.25) is 0 Å². The Labute approximate surface area is 110 Å². The maximum Gasteiger partial charge on any atom is 0.0802 e. The van der Waals surface area contributed by atoms with Crippen LogP contribution < -0.4 is 0 Å². The predicted octanol–water partition coefficient (Wildman–Crippen LogP) is 2.20. The first kappa shape index (κ1) is 15.2. The summed E-state index contributed by atoms with van der Waals surface area (Å²) in [5, 5.41) is 19.0. The zero-order valence-corrected chi connectivity index (χ0v) is 11.4. The summed E-state index contributed by atoms with van der Waals surface area (Å²) in [7, 11) is 0.